The third kappa shape index (κ3) is 5.98. The van der Waals surface area contributed by atoms with E-state index in [0.29, 0.717) is 12.8 Å². The van der Waals surface area contributed by atoms with Crippen LogP contribution in [0.3, 0.4) is 0 Å². The second-order valence-corrected chi connectivity index (χ2v) is 2.30. The highest BCUT2D eigenvalue weighted by molar-refractivity contribution is 5.85. The molecule has 0 heterocycles. The van der Waals surface area contributed by atoms with E-state index >= 15 is 0 Å². The molecular weight excluding hydrogens is 180 g/mol. The van der Waals surface area contributed by atoms with Crippen molar-refractivity contribution in [1.29, 1.82) is 0 Å². The molecule has 0 rings (SSSR count). The number of hydrogen-bond donors (Lipinski definition) is 3. The fourth-order valence-electron chi connectivity index (χ4n) is 0.566. The number of rotatable bonds is 4. The Morgan fingerprint density at radius 3 is 2.33 bits per heavy atom. The van der Waals surface area contributed by atoms with E-state index in [1.807, 2.05) is 0 Å². The van der Waals surface area contributed by atoms with Gasteiger partial charge in [-0.3, -0.25) is 4.79 Å². The van der Waals surface area contributed by atoms with Gasteiger partial charge in [-0.25, -0.2) is 0 Å². The maximum Gasteiger partial charge on any atom is 0.320 e. The van der Waals surface area contributed by atoms with E-state index in [1.165, 1.54) is 0 Å². The highest BCUT2D eigenvalue weighted by Crippen LogP contribution is 1.96. The number of aliphatic carboxylic acids is 1. The first kappa shape index (κ1) is 13.8. The molecule has 0 bridgehead atoms. The van der Waals surface area contributed by atoms with Crippen LogP contribution in [0.1, 0.15) is 12.8 Å². The lowest BCUT2D eigenvalue weighted by Crippen LogP contribution is -2.32. The molecule has 0 aliphatic heterocycles. The first-order chi connectivity index (χ1) is 5.07. The van der Waals surface area contributed by atoms with Crippen molar-refractivity contribution in [2.75, 3.05) is 0 Å². The molecule has 12 heavy (non-hydrogen) atoms. The molecule has 0 aromatic rings. The lowest BCUT2D eigenvalue weighted by atomic mass is 10.1. The van der Waals surface area contributed by atoms with Gasteiger partial charge in [0, 0.05) is 0 Å². The number of nitrogens with two attached hydrogens (primary N) is 2. The molecule has 0 aliphatic rings. The lowest BCUT2D eigenvalue weighted by Gasteiger charge is -2.06. The predicted molar refractivity (Wildman–Crippen MR) is 48.9 cm³/mol. The van der Waals surface area contributed by atoms with Gasteiger partial charge < -0.3 is 16.6 Å². The molecule has 0 saturated heterocycles. The van der Waals surface area contributed by atoms with E-state index in [-0.39, 0.29) is 18.4 Å². The van der Waals surface area contributed by atoms with Gasteiger partial charge in [0.2, 0.25) is 0 Å². The standard InChI is InChI=1S/C7H12N2O2.ClH/c1-2-5(8)3-4-6(9)7(10)11;/h1,5-6H,3-4,8-9H2,(H,10,11);1H. The van der Waals surface area contributed by atoms with Crippen molar-refractivity contribution in [2.24, 2.45) is 11.5 Å². The summed E-state index contributed by atoms with van der Waals surface area (Å²) in [6.07, 6.45) is 5.74. The van der Waals surface area contributed by atoms with Crippen LogP contribution in [0.15, 0.2) is 0 Å². The van der Waals surface area contributed by atoms with Gasteiger partial charge in [-0.2, -0.15) is 0 Å². The number of halogens is 1. The molecule has 4 nitrogen and oxygen atoms in total. The molecule has 0 aromatic carbocycles. The summed E-state index contributed by atoms with van der Waals surface area (Å²) >= 11 is 0. The first-order valence-corrected chi connectivity index (χ1v) is 3.28. The summed E-state index contributed by atoms with van der Waals surface area (Å²) in [7, 11) is 0. The van der Waals surface area contributed by atoms with Crippen molar-refractivity contribution in [1.82, 2.24) is 0 Å². The molecule has 0 fully saturated rings. The van der Waals surface area contributed by atoms with Gasteiger partial charge in [0.25, 0.3) is 0 Å². The van der Waals surface area contributed by atoms with E-state index in [4.69, 9.17) is 23.0 Å². The van der Waals surface area contributed by atoms with Crippen LogP contribution in [-0.2, 0) is 4.79 Å². The molecule has 0 aliphatic carbocycles. The quantitative estimate of drug-likeness (QED) is 0.527. The summed E-state index contributed by atoms with van der Waals surface area (Å²) in [5, 5.41) is 8.35. The van der Waals surface area contributed by atoms with Crippen LogP contribution >= 0.6 is 12.4 Å². The van der Waals surface area contributed by atoms with E-state index in [2.05, 4.69) is 5.92 Å². The minimum absolute atomic E-state index is 0. The van der Waals surface area contributed by atoms with Crippen LogP contribution in [0.5, 0.6) is 0 Å². The Hall–Kier alpha value is -0.760. The van der Waals surface area contributed by atoms with E-state index < -0.39 is 12.0 Å². The Labute approximate surface area is 77.7 Å². The number of carbonyl (C=O) groups is 1. The van der Waals surface area contributed by atoms with Crippen molar-refractivity contribution in [3.63, 3.8) is 0 Å². The third-order valence-corrected chi connectivity index (χ3v) is 1.32. The van der Waals surface area contributed by atoms with Gasteiger partial charge in [0.05, 0.1) is 6.04 Å². The van der Waals surface area contributed by atoms with Crippen LogP contribution in [0.2, 0.25) is 0 Å². The molecule has 5 N–H and O–H groups in total. The molecule has 0 spiro atoms. The van der Waals surface area contributed by atoms with Crippen molar-refractivity contribution in [3.05, 3.63) is 0 Å². The fourth-order valence-corrected chi connectivity index (χ4v) is 0.566. The van der Waals surface area contributed by atoms with E-state index in [9.17, 15) is 4.79 Å². The largest absolute Gasteiger partial charge is 0.480 e. The molecule has 0 radical (unpaired) electrons. The molecule has 5 heteroatoms. The second-order valence-electron chi connectivity index (χ2n) is 2.30. The molecular formula is C7H13ClN2O2. The van der Waals surface area contributed by atoms with Gasteiger partial charge >= 0.3 is 5.97 Å². The predicted octanol–water partition coefficient (Wildman–Crippen LogP) is -0.439. The monoisotopic (exact) mass is 192 g/mol. The number of terminal acetylenes is 1. The Kier molecular flexibility index (Phi) is 7.96. The van der Waals surface area contributed by atoms with Gasteiger partial charge in [-0.05, 0) is 12.8 Å². The highest BCUT2D eigenvalue weighted by atomic mass is 35.5. The zero-order chi connectivity index (χ0) is 8.85. The van der Waals surface area contributed by atoms with Crippen molar-refractivity contribution in [3.8, 4) is 12.3 Å². The fraction of sp³-hybridized carbons (Fsp3) is 0.571. The maximum atomic E-state index is 10.2. The van der Waals surface area contributed by atoms with E-state index in [1.54, 1.807) is 0 Å². The van der Waals surface area contributed by atoms with Crippen LogP contribution in [0, 0.1) is 12.3 Å². The van der Waals surface area contributed by atoms with Crippen molar-refractivity contribution >= 4 is 18.4 Å². The minimum Gasteiger partial charge on any atom is -0.480 e. The van der Waals surface area contributed by atoms with Crippen LogP contribution < -0.4 is 11.5 Å². The van der Waals surface area contributed by atoms with E-state index in [0.717, 1.165) is 0 Å². The average molecular weight is 193 g/mol. The summed E-state index contributed by atoms with van der Waals surface area (Å²) < 4.78 is 0. The van der Waals surface area contributed by atoms with Gasteiger partial charge in [0.15, 0.2) is 0 Å². The second kappa shape index (κ2) is 6.92. The van der Waals surface area contributed by atoms with Gasteiger partial charge in [-0.1, -0.05) is 5.92 Å². The van der Waals surface area contributed by atoms with Crippen LogP contribution in [-0.4, -0.2) is 23.2 Å². The summed E-state index contributed by atoms with van der Waals surface area (Å²) in [5.41, 5.74) is 10.5. The van der Waals surface area contributed by atoms with Gasteiger partial charge in [-0.15, -0.1) is 18.8 Å². The topological polar surface area (TPSA) is 89.3 Å². The maximum absolute atomic E-state index is 10.2. The zero-order valence-electron chi connectivity index (χ0n) is 6.56. The SMILES string of the molecule is C#CC(N)CCC(N)C(=O)O.Cl. The summed E-state index contributed by atoms with van der Waals surface area (Å²) in [6, 6.07) is -1.24. The third-order valence-electron chi connectivity index (χ3n) is 1.32. The number of carboxylic acids is 1. The van der Waals surface area contributed by atoms with Crippen LogP contribution in [0.4, 0.5) is 0 Å². The molecule has 70 valence electrons. The average Bonchev–Trinajstić information content (AvgIpc) is 1.99. The first-order valence-electron chi connectivity index (χ1n) is 3.28. The Morgan fingerprint density at radius 1 is 1.50 bits per heavy atom. The summed E-state index contributed by atoms with van der Waals surface area (Å²) in [4.78, 5) is 10.2. The molecule has 0 aromatic heterocycles. The van der Waals surface area contributed by atoms with Crippen molar-refractivity contribution < 1.29 is 9.90 Å². The normalized spacial score (nSPS) is 13.8. The van der Waals surface area contributed by atoms with Crippen LogP contribution in [0.25, 0.3) is 0 Å². The van der Waals surface area contributed by atoms with Gasteiger partial charge in [0.1, 0.15) is 6.04 Å². The van der Waals surface area contributed by atoms with Crippen molar-refractivity contribution in [2.45, 2.75) is 24.9 Å². The smallest absolute Gasteiger partial charge is 0.320 e. The number of hydrogen-bond acceptors (Lipinski definition) is 3. The lowest BCUT2D eigenvalue weighted by molar-refractivity contribution is -0.138. The summed E-state index contributed by atoms with van der Waals surface area (Å²) in [6.45, 7) is 0. The molecule has 2 atom stereocenters. The summed E-state index contributed by atoms with van der Waals surface area (Å²) in [5.74, 6) is 1.27. The Balaban J connectivity index is 0. The molecule has 0 amide bonds. The number of carboxylic acid groups (broad SMARTS) is 1. The Morgan fingerprint density at radius 2 is 2.00 bits per heavy atom. The zero-order valence-corrected chi connectivity index (χ0v) is 7.38. The highest BCUT2D eigenvalue weighted by Gasteiger charge is 2.11. The minimum atomic E-state index is -1.02. The molecule has 0 saturated carbocycles. The Bertz CT molecular complexity index is 179. The molecule has 2 unspecified atom stereocenters.